The van der Waals surface area contributed by atoms with E-state index in [-0.39, 0.29) is 22.3 Å². The van der Waals surface area contributed by atoms with Crippen LogP contribution < -0.4 is 10.5 Å². The number of rotatable bonds is 5. The molecule has 0 atom stereocenters. The molecular formula is C17H16FN3O3S. The van der Waals surface area contributed by atoms with E-state index in [1.54, 1.807) is 24.3 Å². The number of halogens is 1. The third kappa shape index (κ3) is 3.86. The molecule has 1 amide bonds. The Hall–Kier alpha value is -2.71. The van der Waals surface area contributed by atoms with Crippen molar-refractivity contribution >= 4 is 26.8 Å². The molecule has 0 bridgehead atoms. The van der Waals surface area contributed by atoms with Gasteiger partial charge in [0.15, 0.2) is 0 Å². The molecule has 0 fully saturated rings. The second-order valence-corrected chi connectivity index (χ2v) is 7.14. The molecule has 0 radical (unpaired) electrons. The van der Waals surface area contributed by atoms with Crippen LogP contribution in [0.25, 0.3) is 10.9 Å². The normalized spacial score (nSPS) is 11.6. The molecule has 0 saturated carbocycles. The summed E-state index contributed by atoms with van der Waals surface area (Å²) in [5, 5.41) is 8.14. The largest absolute Gasteiger partial charge is 0.350 e. The average molecular weight is 361 g/mol. The van der Waals surface area contributed by atoms with Gasteiger partial charge >= 0.3 is 0 Å². The summed E-state index contributed by atoms with van der Waals surface area (Å²) in [5.74, 6) is -0.723. The summed E-state index contributed by atoms with van der Waals surface area (Å²) in [5.41, 5.74) is 1.70. The van der Waals surface area contributed by atoms with Crippen LogP contribution in [0, 0.1) is 5.82 Å². The fraction of sp³-hybridized carbons (Fsp3) is 0.118. The molecule has 0 aliphatic carbocycles. The number of H-pyrrole nitrogens is 1. The first-order valence-electron chi connectivity index (χ1n) is 7.52. The Kier molecular flexibility index (Phi) is 4.56. The van der Waals surface area contributed by atoms with E-state index in [0.29, 0.717) is 23.9 Å². The zero-order valence-electron chi connectivity index (χ0n) is 13.1. The fourth-order valence-electron chi connectivity index (χ4n) is 2.50. The first-order valence-corrected chi connectivity index (χ1v) is 9.06. The molecule has 0 aliphatic rings. The number of hydrogen-bond acceptors (Lipinski definition) is 3. The lowest BCUT2D eigenvalue weighted by molar-refractivity contribution is 0.0950. The highest BCUT2D eigenvalue weighted by Crippen LogP contribution is 2.18. The van der Waals surface area contributed by atoms with Crippen LogP contribution in [-0.4, -0.2) is 25.9 Å². The summed E-state index contributed by atoms with van der Waals surface area (Å²) in [6.45, 7) is 0.353. The Morgan fingerprint density at radius 1 is 1.16 bits per heavy atom. The molecule has 25 heavy (non-hydrogen) atoms. The first kappa shape index (κ1) is 17.1. The number of carbonyl (C=O) groups excluding carboxylic acids is 1. The number of primary sulfonamides is 1. The van der Waals surface area contributed by atoms with E-state index in [2.05, 4.69) is 10.3 Å². The predicted octanol–water partition coefficient (Wildman–Crippen LogP) is 1.93. The average Bonchev–Trinajstić information content (AvgIpc) is 3.00. The van der Waals surface area contributed by atoms with Crippen LogP contribution >= 0.6 is 0 Å². The van der Waals surface area contributed by atoms with Crippen LogP contribution in [0.15, 0.2) is 53.4 Å². The van der Waals surface area contributed by atoms with Crippen molar-refractivity contribution in [1.82, 2.24) is 10.3 Å². The van der Waals surface area contributed by atoms with E-state index in [4.69, 9.17) is 5.14 Å². The maximum absolute atomic E-state index is 13.6. The zero-order valence-corrected chi connectivity index (χ0v) is 13.9. The topological polar surface area (TPSA) is 105 Å². The van der Waals surface area contributed by atoms with E-state index in [9.17, 15) is 17.6 Å². The van der Waals surface area contributed by atoms with Crippen LogP contribution in [0.4, 0.5) is 4.39 Å². The van der Waals surface area contributed by atoms with Crippen molar-refractivity contribution in [3.05, 3.63) is 65.6 Å². The Morgan fingerprint density at radius 2 is 1.88 bits per heavy atom. The van der Waals surface area contributed by atoms with Gasteiger partial charge in [-0.1, -0.05) is 18.2 Å². The van der Waals surface area contributed by atoms with Crippen molar-refractivity contribution in [3.8, 4) is 0 Å². The summed E-state index contributed by atoms with van der Waals surface area (Å²) in [4.78, 5) is 15.1. The number of nitrogens with two attached hydrogens (primary N) is 1. The van der Waals surface area contributed by atoms with Crippen LogP contribution in [-0.2, 0) is 16.4 Å². The summed E-state index contributed by atoms with van der Waals surface area (Å²) < 4.78 is 36.0. The molecule has 0 unspecified atom stereocenters. The van der Waals surface area contributed by atoms with Crippen molar-refractivity contribution < 1.29 is 17.6 Å². The van der Waals surface area contributed by atoms with Gasteiger partial charge in [0.05, 0.1) is 4.90 Å². The minimum atomic E-state index is -3.71. The van der Waals surface area contributed by atoms with Crippen molar-refractivity contribution in [3.63, 3.8) is 0 Å². The molecule has 130 valence electrons. The van der Waals surface area contributed by atoms with Gasteiger partial charge in [-0.3, -0.25) is 4.79 Å². The van der Waals surface area contributed by atoms with Gasteiger partial charge in [0.2, 0.25) is 10.0 Å². The van der Waals surface area contributed by atoms with Gasteiger partial charge in [-0.2, -0.15) is 0 Å². The lowest BCUT2D eigenvalue weighted by Gasteiger charge is -2.05. The van der Waals surface area contributed by atoms with Crippen LogP contribution in [0.3, 0.4) is 0 Å². The standard InChI is InChI=1S/C17H16FN3O3S/c18-14-2-1-3-15-13(14)10-16(21-15)17(22)20-9-8-11-4-6-12(7-5-11)25(19,23)24/h1-7,10,21H,8-9H2,(H,20,22)(H2,19,23,24). The SMILES string of the molecule is NS(=O)(=O)c1ccc(CCNC(=O)c2cc3c(F)cccc3[nH]2)cc1. The van der Waals surface area contributed by atoms with Crippen molar-refractivity contribution in [2.24, 2.45) is 5.14 Å². The van der Waals surface area contributed by atoms with E-state index >= 15 is 0 Å². The maximum Gasteiger partial charge on any atom is 0.267 e. The van der Waals surface area contributed by atoms with E-state index < -0.39 is 10.0 Å². The van der Waals surface area contributed by atoms with E-state index in [0.717, 1.165) is 5.56 Å². The molecule has 6 nitrogen and oxygen atoms in total. The van der Waals surface area contributed by atoms with Gasteiger partial charge in [-0.05, 0) is 42.3 Å². The smallest absolute Gasteiger partial charge is 0.267 e. The Balaban J connectivity index is 1.61. The first-order chi connectivity index (χ1) is 11.8. The molecule has 1 aromatic heterocycles. The third-order valence-corrected chi connectivity index (χ3v) is 4.74. The number of nitrogens with one attached hydrogen (secondary N) is 2. The zero-order chi connectivity index (χ0) is 18.0. The van der Waals surface area contributed by atoms with Crippen LogP contribution in [0.2, 0.25) is 0 Å². The molecule has 2 aromatic carbocycles. The predicted molar refractivity (Wildman–Crippen MR) is 92.1 cm³/mol. The number of hydrogen-bond donors (Lipinski definition) is 3. The molecule has 0 aliphatic heterocycles. The second kappa shape index (κ2) is 6.66. The number of amides is 1. The summed E-state index contributed by atoms with van der Waals surface area (Å²) in [7, 11) is -3.71. The van der Waals surface area contributed by atoms with Gasteiger partial charge in [0, 0.05) is 17.4 Å². The molecule has 8 heteroatoms. The minimum absolute atomic E-state index is 0.0420. The maximum atomic E-state index is 13.6. The Labute approximate surface area is 143 Å². The molecule has 4 N–H and O–H groups in total. The number of aromatic amines is 1. The van der Waals surface area contributed by atoms with E-state index in [1.165, 1.54) is 24.3 Å². The highest BCUT2D eigenvalue weighted by Gasteiger charge is 2.11. The third-order valence-electron chi connectivity index (χ3n) is 3.81. The van der Waals surface area contributed by atoms with Crippen molar-refractivity contribution in [2.75, 3.05) is 6.54 Å². The molecule has 0 spiro atoms. The molecule has 3 rings (SSSR count). The van der Waals surface area contributed by atoms with Gasteiger partial charge < -0.3 is 10.3 Å². The second-order valence-electron chi connectivity index (χ2n) is 5.58. The number of carbonyl (C=O) groups is 1. The minimum Gasteiger partial charge on any atom is -0.350 e. The quantitative estimate of drug-likeness (QED) is 0.646. The Morgan fingerprint density at radius 3 is 2.52 bits per heavy atom. The van der Waals surface area contributed by atoms with Gasteiger partial charge in [0.1, 0.15) is 11.5 Å². The summed E-state index contributed by atoms with van der Waals surface area (Å²) >= 11 is 0. The van der Waals surface area contributed by atoms with Crippen molar-refractivity contribution in [1.29, 1.82) is 0 Å². The molecular weight excluding hydrogens is 345 g/mol. The summed E-state index contributed by atoms with van der Waals surface area (Å²) in [6, 6.07) is 12.2. The highest BCUT2D eigenvalue weighted by molar-refractivity contribution is 7.89. The van der Waals surface area contributed by atoms with Gasteiger partial charge in [-0.15, -0.1) is 0 Å². The monoisotopic (exact) mass is 361 g/mol. The number of sulfonamides is 1. The molecule has 1 heterocycles. The van der Waals surface area contributed by atoms with E-state index in [1.807, 2.05) is 0 Å². The summed E-state index contributed by atoms with van der Waals surface area (Å²) in [6.07, 6.45) is 0.519. The highest BCUT2D eigenvalue weighted by atomic mass is 32.2. The number of benzene rings is 2. The van der Waals surface area contributed by atoms with Crippen LogP contribution in [0.1, 0.15) is 16.1 Å². The fourth-order valence-corrected chi connectivity index (χ4v) is 3.02. The molecule has 0 saturated heterocycles. The molecule has 3 aromatic rings. The number of fused-ring (bicyclic) bond motifs is 1. The van der Waals surface area contributed by atoms with Gasteiger partial charge in [-0.25, -0.2) is 17.9 Å². The lowest BCUT2D eigenvalue weighted by atomic mass is 10.1. The van der Waals surface area contributed by atoms with Gasteiger partial charge in [0.25, 0.3) is 5.91 Å². The number of aromatic nitrogens is 1. The van der Waals surface area contributed by atoms with Crippen LogP contribution in [0.5, 0.6) is 0 Å². The van der Waals surface area contributed by atoms with Crippen molar-refractivity contribution in [2.45, 2.75) is 11.3 Å². The Bertz CT molecular complexity index is 1030. The lowest BCUT2D eigenvalue weighted by Crippen LogP contribution is -2.25.